The van der Waals surface area contributed by atoms with Gasteiger partial charge in [0.15, 0.2) is 5.78 Å². The van der Waals surface area contributed by atoms with Gasteiger partial charge >= 0.3 is 0 Å². The Bertz CT molecular complexity index is 550. The molecule has 0 bridgehead atoms. The predicted octanol–water partition coefficient (Wildman–Crippen LogP) is 0.724. The average Bonchev–Trinajstić information content (AvgIpc) is 2.47. The minimum atomic E-state index is -0.444. The van der Waals surface area contributed by atoms with Gasteiger partial charge in [0, 0.05) is 6.07 Å². The average molecular weight is 306 g/mol. The van der Waals surface area contributed by atoms with E-state index in [0.29, 0.717) is 24.3 Å². The molecule has 1 N–H and O–H groups in total. The van der Waals surface area contributed by atoms with Crippen LogP contribution in [0.2, 0.25) is 0 Å². The number of morpholine rings is 1. The molecule has 1 aromatic rings. The van der Waals surface area contributed by atoms with Gasteiger partial charge in [0.05, 0.1) is 25.2 Å². The van der Waals surface area contributed by atoms with Crippen molar-refractivity contribution in [3.63, 3.8) is 0 Å². The summed E-state index contributed by atoms with van der Waals surface area (Å²) < 4.78 is 17.1. The molecule has 0 spiro atoms. The summed E-state index contributed by atoms with van der Waals surface area (Å²) >= 11 is 0. The van der Waals surface area contributed by atoms with Crippen LogP contribution in [0.1, 0.15) is 30.6 Å². The molecule has 1 aromatic carbocycles. The van der Waals surface area contributed by atoms with Gasteiger partial charge in [0.25, 0.3) is 0 Å². The number of Topliss-reactive ketones (excluding diaryl/α,β-unsaturated/α-hetero) is 1. The zero-order valence-corrected chi connectivity index (χ0v) is 13.3. The van der Waals surface area contributed by atoms with E-state index in [9.17, 15) is 4.79 Å². The third-order valence-electron chi connectivity index (χ3n) is 4.15. The zero-order valence-electron chi connectivity index (χ0n) is 13.3. The summed E-state index contributed by atoms with van der Waals surface area (Å²) in [5.41, 5.74) is 0.214. The first-order valence-corrected chi connectivity index (χ1v) is 7.94. The highest BCUT2D eigenvalue weighted by atomic mass is 16.5. The van der Waals surface area contributed by atoms with Crippen LogP contribution in [0.5, 0.6) is 11.5 Å². The van der Waals surface area contributed by atoms with E-state index in [1.165, 1.54) is 4.90 Å². The Labute approximate surface area is 131 Å². The lowest BCUT2D eigenvalue weighted by atomic mass is 9.93. The van der Waals surface area contributed by atoms with Crippen molar-refractivity contribution >= 4 is 5.78 Å². The molecule has 0 aromatic heterocycles. The van der Waals surface area contributed by atoms with Gasteiger partial charge in [0.2, 0.25) is 0 Å². The largest absolute Gasteiger partial charge is 0.488 e. The fourth-order valence-electron chi connectivity index (χ4n) is 2.95. The Kier molecular flexibility index (Phi) is 4.36. The Balaban J connectivity index is 1.60. The number of rotatable bonds is 4. The number of quaternary nitrogens is 1. The summed E-state index contributed by atoms with van der Waals surface area (Å²) in [5, 5.41) is 0. The lowest BCUT2D eigenvalue weighted by Gasteiger charge is -2.31. The molecule has 0 unspecified atom stereocenters. The van der Waals surface area contributed by atoms with Crippen LogP contribution < -0.4 is 14.4 Å². The lowest BCUT2D eigenvalue weighted by molar-refractivity contribution is -0.908. The van der Waals surface area contributed by atoms with Crippen molar-refractivity contribution in [3.8, 4) is 11.5 Å². The van der Waals surface area contributed by atoms with Crippen molar-refractivity contribution in [2.45, 2.75) is 25.9 Å². The van der Waals surface area contributed by atoms with E-state index in [1.54, 1.807) is 0 Å². The second kappa shape index (κ2) is 6.26. The van der Waals surface area contributed by atoms with Crippen LogP contribution in [-0.2, 0) is 4.74 Å². The van der Waals surface area contributed by atoms with E-state index >= 15 is 0 Å². The molecule has 120 valence electrons. The lowest BCUT2D eigenvalue weighted by Crippen LogP contribution is -3.14. The number of ketones is 1. The molecule has 22 heavy (non-hydrogen) atoms. The van der Waals surface area contributed by atoms with Gasteiger partial charge in [-0.2, -0.15) is 0 Å². The van der Waals surface area contributed by atoms with Crippen molar-refractivity contribution in [1.82, 2.24) is 0 Å². The molecule has 2 heterocycles. The molecule has 1 saturated heterocycles. The molecule has 0 aliphatic carbocycles. The molecule has 2 aliphatic rings. The highest BCUT2D eigenvalue weighted by molar-refractivity contribution is 6.00. The molecule has 5 heteroatoms. The highest BCUT2D eigenvalue weighted by Gasteiger charge is 2.32. The molecule has 0 amide bonds. The summed E-state index contributed by atoms with van der Waals surface area (Å²) in [6, 6.07) is 5.50. The van der Waals surface area contributed by atoms with Crippen molar-refractivity contribution in [3.05, 3.63) is 23.8 Å². The molecule has 2 aliphatic heterocycles. The van der Waals surface area contributed by atoms with Gasteiger partial charge in [0.1, 0.15) is 43.3 Å². The van der Waals surface area contributed by atoms with Gasteiger partial charge in [-0.1, -0.05) is 0 Å². The first-order valence-electron chi connectivity index (χ1n) is 7.94. The third-order valence-corrected chi connectivity index (χ3v) is 4.15. The van der Waals surface area contributed by atoms with Crippen LogP contribution in [0.25, 0.3) is 0 Å². The van der Waals surface area contributed by atoms with Crippen LogP contribution in [-0.4, -0.2) is 50.8 Å². The topological polar surface area (TPSA) is 49.2 Å². The molecule has 0 atom stereocenters. The number of nitrogens with one attached hydrogen (secondary N) is 1. The number of benzene rings is 1. The minimum absolute atomic E-state index is 0.135. The summed E-state index contributed by atoms with van der Waals surface area (Å²) in [7, 11) is 0. The summed E-state index contributed by atoms with van der Waals surface area (Å²) in [6.45, 7) is 9.24. The van der Waals surface area contributed by atoms with E-state index in [-0.39, 0.29) is 5.78 Å². The predicted molar refractivity (Wildman–Crippen MR) is 82.0 cm³/mol. The van der Waals surface area contributed by atoms with Crippen molar-refractivity contribution in [1.29, 1.82) is 0 Å². The maximum absolute atomic E-state index is 12.1. The van der Waals surface area contributed by atoms with E-state index in [2.05, 4.69) is 0 Å². The number of fused-ring (bicyclic) bond motifs is 1. The Morgan fingerprint density at radius 2 is 2.05 bits per heavy atom. The van der Waals surface area contributed by atoms with Crippen molar-refractivity contribution < 1.29 is 23.9 Å². The number of carbonyl (C=O) groups is 1. The van der Waals surface area contributed by atoms with Crippen molar-refractivity contribution in [2.24, 2.45) is 0 Å². The van der Waals surface area contributed by atoms with Gasteiger partial charge in [-0.05, 0) is 26.0 Å². The second-order valence-electron chi connectivity index (χ2n) is 6.58. The number of hydrogen-bond acceptors (Lipinski definition) is 4. The highest BCUT2D eigenvalue weighted by Crippen LogP contribution is 2.35. The van der Waals surface area contributed by atoms with Crippen LogP contribution in [0.3, 0.4) is 0 Å². The molecule has 0 saturated carbocycles. The SMILES string of the molecule is CC1(C)CC(=O)c2ccc(OCC[NH+]3CCOCC3)cc2O1. The van der Waals surface area contributed by atoms with E-state index in [0.717, 1.165) is 38.6 Å². The molecular formula is C17H24NO4+. The van der Waals surface area contributed by atoms with Crippen LogP contribution >= 0.6 is 0 Å². The Morgan fingerprint density at radius 1 is 1.27 bits per heavy atom. The molecule has 5 nitrogen and oxygen atoms in total. The smallest absolute Gasteiger partial charge is 0.170 e. The molecule has 1 fully saturated rings. The normalized spacial score (nSPS) is 21.1. The second-order valence-corrected chi connectivity index (χ2v) is 6.58. The maximum Gasteiger partial charge on any atom is 0.170 e. The Morgan fingerprint density at radius 3 is 2.82 bits per heavy atom. The van der Waals surface area contributed by atoms with Crippen molar-refractivity contribution in [2.75, 3.05) is 39.5 Å². The van der Waals surface area contributed by atoms with Gasteiger partial charge in [-0.15, -0.1) is 0 Å². The summed E-state index contributed by atoms with van der Waals surface area (Å²) in [4.78, 5) is 13.6. The quantitative estimate of drug-likeness (QED) is 0.891. The van der Waals surface area contributed by atoms with Gasteiger partial charge in [-0.25, -0.2) is 0 Å². The zero-order chi connectivity index (χ0) is 15.6. The molecule has 0 radical (unpaired) electrons. The maximum atomic E-state index is 12.1. The number of carbonyl (C=O) groups excluding carboxylic acids is 1. The fraction of sp³-hybridized carbons (Fsp3) is 0.588. The standard InChI is InChI=1S/C17H23NO4/c1-17(2)12-15(19)14-4-3-13(11-16(14)22-17)21-10-7-18-5-8-20-9-6-18/h3-4,11H,5-10,12H2,1-2H3/p+1. The van der Waals surface area contributed by atoms with E-state index in [1.807, 2.05) is 32.0 Å². The van der Waals surface area contributed by atoms with Crippen LogP contribution in [0.15, 0.2) is 18.2 Å². The summed E-state index contributed by atoms with van der Waals surface area (Å²) in [6.07, 6.45) is 0.417. The van der Waals surface area contributed by atoms with E-state index in [4.69, 9.17) is 14.2 Å². The van der Waals surface area contributed by atoms with Crippen LogP contribution in [0, 0.1) is 0 Å². The monoisotopic (exact) mass is 306 g/mol. The Hall–Kier alpha value is -1.59. The molecule has 3 rings (SSSR count). The molecular weight excluding hydrogens is 282 g/mol. The fourth-order valence-corrected chi connectivity index (χ4v) is 2.95. The number of hydrogen-bond donors (Lipinski definition) is 1. The van der Waals surface area contributed by atoms with Gasteiger partial charge < -0.3 is 19.1 Å². The van der Waals surface area contributed by atoms with E-state index < -0.39 is 5.60 Å². The summed E-state index contributed by atoms with van der Waals surface area (Å²) in [5.74, 6) is 1.53. The minimum Gasteiger partial charge on any atom is -0.488 e. The first-order chi connectivity index (χ1) is 10.5. The first kappa shape index (κ1) is 15.3. The number of ether oxygens (including phenoxy) is 3. The van der Waals surface area contributed by atoms with Gasteiger partial charge in [-0.3, -0.25) is 4.79 Å². The third kappa shape index (κ3) is 3.59. The van der Waals surface area contributed by atoms with Crippen LogP contribution in [0.4, 0.5) is 0 Å².